The Kier molecular flexibility index (Phi) is 5.66. The topological polar surface area (TPSA) is 89.2 Å². The van der Waals surface area contributed by atoms with E-state index in [-0.39, 0.29) is 6.04 Å². The van der Waals surface area contributed by atoms with Gasteiger partial charge in [-0.2, -0.15) is 4.98 Å². The Labute approximate surface area is 170 Å². The van der Waals surface area contributed by atoms with Crippen LogP contribution in [0.25, 0.3) is 11.0 Å². The first-order valence-corrected chi connectivity index (χ1v) is 10.2. The summed E-state index contributed by atoms with van der Waals surface area (Å²) in [5, 5.41) is 3.40. The third-order valence-electron chi connectivity index (χ3n) is 5.49. The van der Waals surface area contributed by atoms with Crippen LogP contribution in [0.3, 0.4) is 0 Å². The number of guanidine groups is 1. The van der Waals surface area contributed by atoms with Crippen molar-refractivity contribution in [3.8, 4) is 6.01 Å². The molecule has 0 spiro atoms. The fourth-order valence-corrected chi connectivity index (χ4v) is 3.92. The molecular weight excluding hydrogens is 370 g/mol. The maximum absolute atomic E-state index is 5.47. The number of nitrogens with one attached hydrogen (secondary N) is 1. The Morgan fingerprint density at radius 1 is 1.24 bits per heavy atom. The first-order valence-electron chi connectivity index (χ1n) is 10.2. The van der Waals surface area contributed by atoms with Gasteiger partial charge in [-0.15, -0.1) is 0 Å². The molecule has 4 heterocycles. The summed E-state index contributed by atoms with van der Waals surface area (Å²) in [6, 6.07) is 2.77. The first kappa shape index (κ1) is 19.6. The Morgan fingerprint density at radius 3 is 2.72 bits per heavy atom. The van der Waals surface area contributed by atoms with Crippen molar-refractivity contribution in [2.45, 2.75) is 51.8 Å². The van der Waals surface area contributed by atoms with E-state index in [2.05, 4.69) is 34.0 Å². The second kappa shape index (κ2) is 8.36. The fraction of sp³-hybridized carbons (Fsp3) is 0.600. The van der Waals surface area contributed by atoms with E-state index >= 15 is 0 Å². The summed E-state index contributed by atoms with van der Waals surface area (Å²) in [4.78, 5) is 20.8. The Morgan fingerprint density at radius 2 is 2.03 bits per heavy atom. The predicted octanol–water partition coefficient (Wildman–Crippen LogP) is 2.53. The van der Waals surface area contributed by atoms with Crippen LogP contribution in [0.2, 0.25) is 0 Å². The van der Waals surface area contributed by atoms with Crippen molar-refractivity contribution in [3.05, 3.63) is 12.3 Å². The summed E-state index contributed by atoms with van der Waals surface area (Å²) >= 11 is 0. The Bertz CT molecular complexity index is 928. The number of aliphatic imine (C=N–C) groups is 2. The number of aryl methyl sites for hydroxylation is 1. The molecule has 0 bridgehead atoms. The summed E-state index contributed by atoms with van der Waals surface area (Å²) in [5.74, 6) is 2.44. The third-order valence-corrected chi connectivity index (χ3v) is 5.49. The molecule has 9 nitrogen and oxygen atoms in total. The summed E-state index contributed by atoms with van der Waals surface area (Å²) in [6.45, 7) is 6.79. The number of nitrogens with zero attached hydrogens (tertiary/aromatic N) is 6. The molecule has 0 aliphatic carbocycles. The number of rotatable bonds is 4. The average molecular weight is 399 g/mol. The molecule has 0 aromatic carbocycles. The van der Waals surface area contributed by atoms with Crippen LogP contribution in [0.15, 0.2) is 22.2 Å². The van der Waals surface area contributed by atoms with Gasteiger partial charge in [0.05, 0.1) is 31.0 Å². The molecule has 1 unspecified atom stereocenters. The van der Waals surface area contributed by atoms with E-state index in [9.17, 15) is 0 Å². The van der Waals surface area contributed by atoms with Gasteiger partial charge in [-0.1, -0.05) is 0 Å². The smallest absolute Gasteiger partial charge is 0.297 e. The number of likely N-dealkylation sites (tertiary alicyclic amines) is 1. The number of imidazole rings is 1. The van der Waals surface area contributed by atoms with Gasteiger partial charge in [-0.05, 0) is 26.7 Å². The van der Waals surface area contributed by atoms with Crippen molar-refractivity contribution in [2.75, 3.05) is 32.6 Å². The highest BCUT2D eigenvalue weighted by Gasteiger charge is 2.24. The predicted molar refractivity (Wildman–Crippen MR) is 114 cm³/mol. The van der Waals surface area contributed by atoms with Gasteiger partial charge in [0.2, 0.25) is 5.96 Å². The van der Waals surface area contributed by atoms with Gasteiger partial charge in [0.15, 0.2) is 0 Å². The number of hydrogen-bond acceptors (Lipinski definition) is 8. The standard InChI is InChI=1S/C20H29N7O2/c1-5-27-16-11-17(21-12-15(16)23-20(27)29-4)24-18-10-13(2)22-19(25-18)26-8-6-14(28-3)7-9-26/h11-14H,5-10H2,1-4H3,(H,21,22,24,25). The molecule has 0 radical (unpaired) electrons. The molecule has 1 N–H and O–H groups in total. The number of anilines is 1. The number of methoxy groups -OCH3 is 2. The molecule has 156 valence electrons. The van der Waals surface area contributed by atoms with E-state index in [4.69, 9.17) is 19.5 Å². The highest BCUT2D eigenvalue weighted by atomic mass is 16.5. The maximum atomic E-state index is 5.47. The minimum absolute atomic E-state index is 0.176. The lowest BCUT2D eigenvalue weighted by molar-refractivity contribution is 0.0575. The molecule has 29 heavy (non-hydrogen) atoms. The fourth-order valence-electron chi connectivity index (χ4n) is 3.92. The molecule has 2 aromatic heterocycles. The van der Waals surface area contributed by atoms with E-state index in [1.807, 2.05) is 10.6 Å². The number of fused-ring (bicyclic) bond motifs is 1. The van der Waals surface area contributed by atoms with Crippen molar-refractivity contribution in [3.63, 3.8) is 0 Å². The van der Waals surface area contributed by atoms with Crippen LogP contribution in [0, 0.1) is 0 Å². The van der Waals surface area contributed by atoms with Gasteiger partial charge in [0.25, 0.3) is 6.01 Å². The number of piperidine rings is 1. The largest absolute Gasteiger partial charge is 0.468 e. The van der Waals surface area contributed by atoms with Gasteiger partial charge in [-0.25, -0.2) is 15.0 Å². The summed E-state index contributed by atoms with van der Waals surface area (Å²) < 4.78 is 12.9. The van der Waals surface area contributed by atoms with Crippen LogP contribution in [0.5, 0.6) is 6.01 Å². The lowest BCUT2D eigenvalue weighted by Crippen LogP contribution is -2.42. The lowest BCUT2D eigenvalue weighted by atomic mass is 10.1. The number of hydrogen-bond donors (Lipinski definition) is 1. The van der Waals surface area contributed by atoms with Gasteiger partial charge >= 0.3 is 0 Å². The van der Waals surface area contributed by atoms with Crippen molar-refractivity contribution in [1.29, 1.82) is 0 Å². The number of aromatic nitrogens is 3. The Hall–Kier alpha value is -2.68. The van der Waals surface area contributed by atoms with Crippen LogP contribution in [0.1, 0.15) is 33.1 Å². The number of amidine groups is 1. The maximum Gasteiger partial charge on any atom is 0.297 e. The molecule has 1 saturated heterocycles. The zero-order valence-electron chi connectivity index (χ0n) is 17.6. The molecule has 2 aromatic rings. The summed E-state index contributed by atoms with van der Waals surface area (Å²) in [5.41, 5.74) is 1.80. The molecule has 1 fully saturated rings. The van der Waals surface area contributed by atoms with Crippen LogP contribution in [0.4, 0.5) is 5.82 Å². The quantitative estimate of drug-likeness (QED) is 0.850. The monoisotopic (exact) mass is 399 g/mol. The first-order chi connectivity index (χ1) is 14.1. The van der Waals surface area contributed by atoms with Crippen molar-refractivity contribution < 1.29 is 9.47 Å². The summed E-state index contributed by atoms with van der Waals surface area (Å²) in [7, 11) is 3.42. The highest BCUT2D eigenvalue weighted by Crippen LogP contribution is 2.23. The van der Waals surface area contributed by atoms with E-state index in [0.717, 1.165) is 67.5 Å². The van der Waals surface area contributed by atoms with Gasteiger partial charge in [0.1, 0.15) is 17.2 Å². The zero-order chi connectivity index (χ0) is 20.4. The second-order valence-electron chi connectivity index (χ2n) is 7.49. The number of pyridine rings is 1. The number of ether oxygens (including phenoxy) is 2. The van der Waals surface area contributed by atoms with Gasteiger partial charge < -0.3 is 19.7 Å². The molecule has 1 atom stereocenters. The van der Waals surface area contributed by atoms with E-state index in [1.165, 1.54) is 0 Å². The molecule has 4 rings (SSSR count). The Balaban J connectivity index is 1.54. The van der Waals surface area contributed by atoms with Crippen LogP contribution in [-0.2, 0) is 11.3 Å². The normalized spacial score (nSPS) is 20.6. The molecular formula is C20H29N7O2. The van der Waals surface area contributed by atoms with Crippen LogP contribution in [-0.4, -0.2) is 70.7 Å². The van der Waals surface area contributed by atoms with Crippen molar-refractivity contribution in [1.82, 2.24) is 19.4 Å². The van der Waals surface area contributed by atoms with E-state index in [0.29, 0.717) is 12.1 Å². The molecule has 0 amide bonds. The van der Waals surface area contributed by atoms with Gasteiger partial charge in [-0.3, -0.25) is 4.57 Å². The molecule has 9 heteroatoms. The highest BCUT2D eigenvalue weighted by molar-refractivity contribution is 6.05. The van der Waals surface area contributed by atoms with Crippen LogP contribution >= 0.6 is 0 Å². The second-order valence-corrected chi connectivity index (χ2v) is 7.49. The van der Waals surface area contributed by atoms with E-state index in [1.54, 1.807) is 20.4 Å². The minimum atomic E-state index is 0.176. The summed E-state index contributed by atoms with van der Waals surface area (Å²) in [6.07, 6.45) is 4.87. The van der Waals surface area contributed by atoms with Crippen LogP contribution < -0.4 is 10.1 Å². The lowest BCUT2D eigenvalue weighted by Gasteiger charge is -2.33. The van der Waals surface area contributed by atoms with Gasteiger partial charge in [0, 0.05) is 39.2 Å². The zero-order valence-corrected chi connectivity index (χ0v) is 17.6. The minimum Gasteiger partial charge on any atom is -0.468 e. The average Bonchev–Trinajstić information content (AvgIpc) is 3.10. The molecule has 0 saturated carbocycles. The molecule has 2 aliphatic rings. The van der Waals surface area contributed by atoms with Crippen molar-refractivity contribution >= 4 is 28.6 Å². The molecule has 2 aliphatic heterocycles. The third kappa shape index (κ3) is 4.05. The van der Waals surface area contributed by atoms with E-state index < -0.39 is 0 Å². The SMILES string of the molecule is CCn1c(OC)nc2cnc(NC3=NC(N4CCC(OC)CC4)=NC(C)C3)cc21. The van der Waals surface area contributed by atoms with Crippen molar-refractivity contribution in [2.24, 2.45) is 9.98 Å².